The third-order valence-electron chi connectivity index (χ3n) is 7.99. The Hall–Kier alpha value is -2.19. The summed E-state index contributed by atoms with van der Waals surface area (Å²) in [5.74, 6) is -0.131. The van der Waals surface area contributed by atoms with E-state index in [0.29, 0.717) is 26.3 Å². The van der Waals surface area contributed by atoms with Gasteiger partial charge in [-0.05, 0) is 86.2 Å². The summed E-state index contributed by atoms with van der Waals surface area (Å²) >= 11 is 7.01. The number of pyridine rings is 1. The van der Waals surface area contributed by atoms with Crippen molar-refractivity contribution < 1.29 is 14.3 Å². The number of piperidine rings is 1. The Labute approximate surface area is 238 Å². The zero-order valence-corrected chi connectivity index (χ0v) is 25.1. The maximum absolute atomic E-state index is 14.3. The van der Waals surface area contributed by atoms with Crippen molar-refractivity contribution in [1.29, 1.82) is 0 Å². The van der Waals surface area contributed by atoms with Crippen molar-refractivity contribution >= 4 is 17.5 Å². The predicted molar refractivity (Wildman–Crippen MR) is 158 cm³/mol. The number of ether oxygens (including phenoxy) is 2. The minimum Gasteiger partial charge on any atom is -0.385 e. The molecule has 3 rings (SSSR count). The first kappa shape index (κ1) is 31.3. The van der Waals surface area contributed by atoms with Gasteiger partial charge in [0.1, 0.15) is 0 Å². The van der Waals surface area contributed by atoms with E-state index in [1.807, 2.05) is 11.0 Å². The average molecular weight is 560 g/mol. The molecule has 1 N–H and O–H groups in total. The standard InChI is InChI=1S/C31H46ClN3O4/c1-6-22(2)35(31(37)28-20-33-13-11-27(28)24-12-14-34(3)29(36)19-24)21-26-18-23(9-7-15-38-4)17-25(30(26)32)10-8-16-39-5/h12,14,17-19,22,27-28,33H,6-11,13,15-16,20-21H2,1-5H3/t22?,27?,28-/m0/s1. The number of carbonyl (C=O) groups excluding carboxylic acids is 1. The van der Waals surface area contributed by atoms with Gasteiger partial charge >= 0.3 is 0 Å². The van der Waals surface area contributed by atoms with Gasteiger partial charge < -0.3 is 24.3 Å². The third-order valence-corrected chi connectivity index (χ3v) is 8.48. The van der Waals surface area contributed by atoms with Crippen LogP contribution in [0.3, 0.4) is 0 Å². The van der Waals surface area contributed by atoms with Crippen LogP contribution in [0.4, 0.5) is 0 Å². The van der Waals surface area contributed by atoms with E-state index in [4.69, 9.17) is 21.1 Å². The maximum atomic E-state index is 14.3. The predicted octanol–water partition coefficient (Wildman–Crippen LogP) is 4.72. The Bertz CT molecular complexity index is 1140. The molecule has 3 atom stereocenters. The van der Waals surface area contributed by atoms with Crippen molar-refractivity contribution in [2.75, 3.05) is 40.5 Å². The van der Waals surface area contributed by atoms with Gasteiger partial charge in [-0.15, -0.1) is 0 Å². The number of nitrogens with one attached hydrogen (secondary N) is 1. The Morgan fingerprint density at radius 1 is 1.15 bits per heavy atom. The minimum atomic E-state index is -0.246. The van der Waals surface area contributed by atoms with E-state index in [0.717, 1.165) is 66.8 Å². The second-order valence-corrected chi connectivity index (χ2v) is 11.1. The molecule has 7 nitrogen and oxygen atoms in total. The van der Waals surface area contributed by atoms with E-state index in [9.17, 15) is 9.59 Å². The van der Waals surface area contributed by atoms with Gasteiger partial charge in [0.25, 0.3) is 5.56 Å². The van der Waals surface area contributed by atoms with Gasteiger partial charge in [0.2, 0.25) is 5.91 Å². The van der Waals surface area contributed by atoms with Gasteiger partial charge in [0.15, 0.2) is 0 Å². The lowest BCUT2D eigenvalue weighted by atomic mass is 9.80. The maximum Gasteiger partial charge on any atom is 0.250 e. The fourth-order valence-corrected chi connectivity index (χ4v) is 5.73. The molecule has 0 aliphatic carbocycles. The fraction of sp³-hybridized carbons (Fsp3) is 0.613. The highest BCUT2D eigenvalue weighted by Crippen LogP contribution is 2.33. The minimum absolute atomic E-state index is 0.000314. The summed E-state index contributed by atoms with van der Waals surface area (Å²) in [5.41, 5.74) is 4.21. The summed E-state index contributed by atoms with van der Waals surface area (Å²) in [4.78, 5) is 28.7. The molecule has 0 radical (unpaired) electrons. The summed E-state index contributed by atoms with van der Waals surface area (Å²) < 4.78 is 12.1. The zero-order chi connectivity index (χ0) is 28.4. The normalized spacial score (nSPS) is 18.2. The average Bonchev–Trinajstić information content (AvgIpc) is 2.94. The molecule has 2 heterocycles. The summed E-state index contributed by atoms with van der Waals surface area (Å²) in [5, 5.41) is 4.17. The highest BCUT2D eigenvalue weighted by atomic mass is 35.5. The van der Waals surface area contributed by atoms with E-state index >= 15 is 0 Å². The number of methoxy groups -OCH3 is 2. The monoisotopic (exact) mass is 559 g/mol. The fourth-order valence-electron chi connectivity index (χ4n) is 5.47. The number of halogens is 1. The number of amides is 1. The lowest BCUT2D eigenvalue weighted by molar-refractivity contribution is -0.139. The topological polar surface area (TPSA) is 72.8 Å². The van der Waals surface area contributed by atoms with Crippen molar-refractivity contribution in [3.05, 3.63) is 68.1 Å². The second-order valence-electron chi connectivity index (χ2n) is 10.8. The second kappa shape index (κ2) is 15.6. The van der Waals surface area contributed by atoms with Crippen LogP contribution < -0.4 is 10.9 Å². The van der Waals surface area contributed by atoms with Gasteiger partial charge in [-0.2, -0.15) is 0 Å². The molecule has 8 heteroatoms. The SMILES string of the molecule is CCC(C)N(Cc1cc(CCCOC)cc(CCCOC)c1Cl)C(=O)[C@H]1CNCCC1c1ccn(C)c(=O)c1. The molecule has 1 aliphatic heterocycles. The lowest BCUT2D eigenvalue weighted by Gasteiger charge is -2.38. The molecule has 39 heavy (non-hydrogen) atoms. The molecular formula is C31H46ClN3O4. The van der Waals surface area contributed by atoms with Gasteiger partial charge in [0.05, 0.1) is 5.92 Å². The van der Waals surface area contributed by atoms with Crippen LogP contribution in [0.1, 0.15) is 67.7 Å². The van der Waals surface area contributed by atoms with E-state index in [1.54, 1.807) is 38.1 Å². The molecule has 1 aromatic heterocycles. The van der Waals surface area contributed by atoms with Crippen LogP contribution in [0.25, 0.3) is 0 Å². The third kappa shape index (κ3) is 8.40. The van der Waals surface area contributed by atoms with Gasteiger partial charge in [0, 0.05) is 70.9 Å². The number of carbonyl (C=O) groups is 1. The van der Waals surface area contributed by atoms with Crippen LogP contribution in [0.2, 0.25) is 5.02 Å². The Kier molecular flexibility index (Phi) is 12.5. The molecule has 0 saturated carbocycles. The quantitative estimate of drug-likeness (QED) is 0.339. The van der Waals surface area contributed by atoms with Gasteiger partial charge in [-0.3, -0.25) is 9.59 Å². The van der Waals surface area contributed by atoms with Gasteiger partial charge in [-0.25, -0.2) is 0 Å². The Balaban J connectivity index is 1.93. The zero-order valence-electron chi connectivity index (χ0n) is 24.3. The summed E-state index contributed by atoms with van der Waals surface area (Å²) in [6, 6.07) is 8.09. The van der Waals surface area contributed by atoms with Gasteiger partial charge in [-0.1, -0.05) is 30.7 Å². The number of aryl methyl sites for hydroxylation is 3. The van der Waals surface area contributed by atoms with Crippen molar-refractivity contribution in [2.24, 2.45) is 13.0 Å². The summed E-state index contributed by atoms with van der Waals surface area (Å²) in [7, 11) is 5.18. The van der Waals surface area contributed by atoms with Crippen LogP contribution in [0, 0.1) is 5.92 Å². The summed E-state index contributed by atoms with van der Waals surface area (Å²) in [6.07, 6.45) is 6.99. The first-order valence-electron chi connectivity index (χ1n) is 14.3. The highest BCUT2D eigenvalue weighted by molar-refractivity contribution is 6.32. The molecule has 0 bridgehead atoms. The van der Waals surface area contributed by atoms with Crippen LogP contribution in [0.15, 0.2) is 35.3 Å². The van der Waals surface area contributed by atoms with Crippen molar-refractivity contribution in [3.63, 3.8) is 0 Å². The molecule has 2 aromatic rings. The first-order chi connectivity index (χ1) is 18.8. The number of rotatable bonds is 14. The Morgan fingerprint density at radius 2 is 1.85 bits per heavy atom. The molecule has 1 fully saturated rings. The number of benzene rings is 1. The molecular weight excluding hydrogens is 514 g/mol. The van der Waals surface area contributed by atoms with E-state index in [-0.39, 0.29) is 29.3 Å². The number of hydrogen-bond acceptors (Lipinski definition) is 5. The van der Waals surface area contributed by atoms with Crippen LogP contribution in [-0.2, 0) is 40.7 Å². The van der Waals surface area contributed by atoms with Crippen LogP contribution in [0.5, 0.6) is 0 Å². The molecule has 1 amide bonds. The van der Waals surface area contributed by atoms with E-state index in [1.165, 1.54) is 5.56 Å². The van der Waals surface area contributed by atoms with Crippen molar-refractivity contribution in [3.8, 4) is 0 Å². The number of hydrogen-bond donors (Lipinski definition) is 1. The first-order valence-corrected chi connectivity index (χ1v) is 14.6. The molecule has 2 unspecified atom stereocenters. The Morgan fingerprint density at radius 3 is 2.51 bits per heavy atom. The molecule has 1 aliphatic rings. The summed E-state index contributed by atoms with van der Waals surface area (Å²) in [6.45, 7) is 7.48. The molecule has 216 valence electrons. The van der Waals surface area contributed by atoms with E-state index < -0.39 is 0 Å². The largest absolute Gasteiger partial charge is 0.385 e. The molecule has 1 saturated heterocycles. The van der Waals surface area contributed by atoms with Crippen LogP contribution in [-0.4, -0.2) is 61.9 Å². The van der Waals surface area contributed by atoms with Crippen molar-refractivity contribution in [2.45, 2.75) is 70.9 Å². The molecule has 1 aromatic carbocycles. The van der Waals surface area contributed by atoms with Crippen molar-refractivity contribution in [1.82, 2.24) is 14.8 Å². The highest BCUT2D eigenvalue weighted by Gasteiger charge is 2.36. The molecule has 0 spiro atoms. The number of aromatic nitrogens is 1. The van der Waals surface area contributed by atoms with Crippen LogP contribution >= 0.6 is 11.6 Å². The smallest absolute Gasteiger partial charge is 0.250 e. The number of nitrogens with zero attached hydrogens (tertiary/aromatic N) is 2. The lowest BCUT2D eigenvalue weighted by Crippen LogP contribution is -2.49. The van der Waals surface area contributed by atoms with E-state index in [2.05, 4.69) is 31.3 Å².